The number of benzene rings is 1. The Bertz CT molecular complexity index is 697. The Labute approximate surface area is 147 Å². The Hall–Kier alpha value is -1.41. The molecule has 1 aromatic carbocycles. The number of alkyl halides is 2. The number of pyridine rings is 1. The molecule has 23 heavy (non-hydrogen) atoms. The predicted molar refractivity (Wildman–Crippen MR) is 101 cm³/mol. The van der Waals surface area contributed by atoms with Crippen LogP contribution in [0.15, 0.2) is 36.4 Å². The third kappa shape index (κ3) is 4.78. The summed E-state index contributed by atoms with van der Waals surface area (Å²) < 4.78 is 8.14. The van der Waals surface area contributed by atoms with Gasteiger partial charge in [0.2, 0.25) is 0 Å². The minimum absolute atomic E-state index is 0.0605. The van der Waals surface area contributed by atoms with Crippen molar-refractivity contribution in [3.8, 4) is 11.6 Å². The van der Waals surface area contributed by atoms with E-state index in [1.54, 1.807) is 0 Å². The van der Waals surface area contributed by atoms with Crippen molar-refractivity contribution in [2.75, 3.05) is 9.36 Å². The second-order valence-corrected chi connectivity index (χ2v) is 10.9. The van der Waals surface area contributed by atoms with Gasteiger partial charge in [-0.1, -0.05) is 0 Å². The van der Waals surface area contributed by atoms with Gasteiger partial charge in [-0.05, 0) is 0 Å². The van der Waals surface area contributed by atoms with Gasteiger partial charge >= 0.3 is 148 Å². The van der Waals surface area contributed by atoms with Gasteiger partial charge in [0.15, 0.2) is 0 Å². The van der Waals surface area contributed by atoms with Crippen molar-refractivity contribution >= 4 is 37.1 Å². The van der Waals surface area contributed by atoms with E-state index in [0.29, 0.717) is 5.75 Å². The first kappa shape index (κ1) is 17.9. The van der Waals surface area contributed by atoms with Gasteiger partial charge in [-0.2, -0.15) is 0 Å². The van der Waals surface area contributed by atoms with Crippen molar-refractivity contribution in [1.82, 2.24) is 4.98 Å². The fourth-order valence-corrected chi connectivity index (χ4v) is 6.61. The van der Waals surface area contributed by atoms with Gasteiger partial charge in [-0.15, -0.1) is 0 Å². The number of para-hydroxylation sites is 1. The Morgan fingerprint density at radius 3 is 2.74 bits per heavy atom. The van der Waals surface area contributed by atoms with E-state index in [4.69, 9.17) is 16.3 Å². The van der Waals surface area contributed by atoms with Crippen LogP contribution in [0.4, 0.5) is 5.69 Å². The molecular weight excluding hydrogens is 431 g/mol. The molecule has 0 unspecified atom stereocenters. The van der Waals surface area contributed by atoms with Crippen molar-refractivity contribution < 1.29 is 9.66 Å². The van der Waals surface area contributed by atoms with E-state index in [2.05, 4.69) is 16.8 Å². The van der Waals surface area contributed by atoms with Gasteiger partial charge in [0.05, 0.1) is 0 Å². The average Bonchev–Trinajstić information content (AvgIpc) is 2.53. The van der Waals surface area contributed by atoms with Gasteiger partial charge < -0.3 is 0 Å². The molecule has 2 aromatic rings. The molecule has 0 N–H and O–H groups in total. The Morgan fingerprint density at radius 2 is 2.04 bits per heavy atom. The van der Waals surface area contributed by atoms with E-state index in [1.807, 2.05) is 24.3 Å². The van der Waals surface area contributed by atoms with Crippen LogP contribution in [0.25, 0.3) is 0 Å². The summed E-state index contributed by atoms with van der Waals surface area (Å²) in [4.78, 5) is 16.9. The molecule has 1 heterocycles. The summed E-state index contributed by atoms with van der Waals surface area (Å²) in [5.74, 6) is 0.587. The van der Waals surface area contributed by atoms with E-state index in [1.165, 1.54) is 26.6 Å². The molecule has 0 amide bonds. The number of nitro groups is 1. The number of halogens is 2. The number of hydrogen-bond donors (Lipinski definition) is 0. The predicted octanol–water partition coefficient (Wildman–Crippen LogP) is 5.54. The van der Waals surface area contributed by atoms with Gasteiger partial charge in [0.25, 0.3) is 0 Å². The molecule has 0 aliphatic carbocycles. The van der Waals surface area contributed by atoms with Crippen molar-refractivity contribution in [1.29, 1.82) is 0 Å². The van der Waals surface area contributed by atoms with Gasteiger partial charge in [0.1, 0.15) is 0 Å². The van der Waals surface area contributed by atoms with E-state index in [0.717, 1.165) is 6.42 Å². The maximum absolute atomic E-state index is 11.1. The van der Waals surface area contributed by atoms with Crippen LogP contribution in [0.3, 0.4) is 0 Å². The molecule has 2 rings (SSSR count). The molecule has 0 fully saturated rings. The third-order valence-corrected chi connectivity index (χ3v) is 8.63. The van der Waals surface area contributed by atoms with Gasteiger partial charge in [-0.3, -0.25) is 0 Å². The molecule has 0 saturated heterocycles. The number of unbranched alkanes of at least 4 members (excludes halogenated alkanes) is 1. The third-order valence-electron chi connectivity index (χ3n) is 3.16. The average molecular weight is 449 g/mol. The number of rotatable bonds is 7. The van der Waals surface area contributed by atoms with E-state index < -0.39 is 24.7 Å². The maximum atomic E-state index is 11.1. The zero-order valence-electron chi connectivity index (χ0n) is 13.0. The molecule has 0 saturated carbocycles. The van der Waals surface area contributed by atoms with Crippen LogP contribution in [0.5, 0.6) is 11.6 Å². The summed E-state index contributed by atoms with van der Waals surface area (Å²) in [5.41, 5.74) is -0.186. The molecule has 5 nitrogen and oxygen atoms in total. The van der Waals surface area contributed by atoms with Crippen LogP contribution in [0.1, 0.15) is 19.8 Å². The molecule has 124 valence electrons. The number of aromatic nitrogens is 1. The van der Waals surface area contributed by atoms with Gasteiger partial charge in [-0.25, -0.2) is 0 Å². The monoisotopic (exact) mass is 448 g/mol. The first-order chi connectivity index (χ1) is 11.0. The quantitative estimate of drug-likeness (QED) is 0.183. The standard InChI is InChI=1S/C16H18ClIN2O3/c1-3-4-11-18(2)12-7-5-6-8-14(12)23-16-13(20(21)22)9-10-15(17)19-16/h5-10H,3-4,11H2,1-2H3. The molecule has 7 heteroatoms. The Balaban J connectivity index is 2.34. The van der Waals surface area contributed by atoms with Crippen LogP contribution < -0.4 is 4.74 Å². The SMILES string of the molecule is CCCCI(C)c1ccccc1Oc1nc(Cl)ccc1[N+](=O)[O-]. The number of hydrogen-bond acceptors (Lipinski definition) is 4. The molecule has 0 radical (unpaired) electrons. The minimum atomic E-state index is -1.35. The zero-order valence-corrected chi connectivity index (χ0v) is 15.9. The van der Waals surface area contributed by atoms with Crippen molar-refractivity contribution in [2.24, 2.45) is 0 Å². The number of nitrogens with zero attached hydrogens (tertiary/aromatic N) is 2. The van der Waals surface area contributed by atoms with E-state index >= 15 is 0 Å². The summed E-state index contributed by atoms with van der Waals surface area (Å²) in [6.07, 6.45) is 2.34. The Kier molecular flexibility index (Phi) is 6.59. The fourth-order valence-electron chi connectivity index (χ4n) is 1.96. The second kappa shape index (κ2) is 8.44. The number of ether oxygens (including phenoxy) is 1. The normalized spacial score (nSPS) is 11.2. The fraction of sp³-hybridized carbons (Fsp3) is 0.312. The summed E-state index contributed by atoms with van der Waals surface area (Å²) in [6.45, 7) is 2.17. The van der Waals surface area contributed by atoms with E-state index in [9.17, 15) is 10.1 Å². The topological polar surface area (TPSA) is 65.3 Å². The first-order valence-corrected chi connectivity index (χ1v) is 12.3. The summed E-state index contributed by atoms with van der Waals surface area (Å²) in [7, 11) is 0. The molecule has 0 aliphatic heterocycles. The van der Waals surface area contributed by atoms with Crippen LogP contribution >= 0.6 is 31.4 Å². The summed E-state index contributed by atoms with van der Waals surface area (Å²) in [5, 5.41) is 11.3. The summed E-state index contributed by atoms with van der Waals surface area (Å²) >= 11 is 4.50. The van der Waals surface area contributed by atoms with Crippen molar-refractivity contribution in [2.45, 2.75) is 19.8 Å². The zero-order chi connectivity index (χ0) is 16.8. The second-order valence-electron chi connectivity index (χ2n) is 4.88. The summed E-state index contributed by atoms with van der Waals surface area (Å²) in [6, 6.07) is 10.4. The molecule has 0 aliphatic rings. The molecule has 0 spiro atoms. The molecule has 0 atom stereocenters. The van der Waals surface area contributed by atoms with Crippen LogP contribution in [-0.2, 0) is 0 Å². The van der Waals surface area contributed by atoms with Crippen LogP contribution in [-0.4, -0.2) is 19.3 Å². The van der Waals surface area contributed by atoms with Crippen molar-refractivity contribution in [3.63, 3.8) is 0 Å². The molecule has 0 bridgehead atoms. The first-order valence-electron chi connectivity index (χ1n) is 7.16. The Morgan fingerprint density at radius 1 is 1.30 bits per heavy atom. The van der Waals surface area contributed by atoms with Crippen LogP contribution in [0.2, 0.25) is 5.15 Å². The van der Waals surface area contributed by atoms with E-state index in [-0.39, 0.29) is 16.7 Å². The molecule has 1 aromatic heterocycles. The molecular formula is C16H18ClIN2O3. The van der Waals surface area contributed by atoms with Gasteiger partial charge in [0, 0.05) is 0 Å². The van der Waals surface area contributed by atoms with Crippen molar-refractivity contribution in [3.05, 3.63) is 55.2 Å². The van der Waals surface area contributed by atoms with Crippen LogP contribution in [0, 0.1) is 13.7 Å².